The molecule has 0 aromatic heterocycles. The Bertz CT molecular complexity index is 186. The minimum absolute atomic E-state index is 0.0735. The Kier molecular flexibility index (Phi) is 4.59. The van der Waals surface area contributed by atoms with Gasteiger partial charge in [0.25, 0.3) is 0 Å². The minimum Gasteiger partial charge on any atom is -0.351 e. The molecule has 1 N–H and O–H groups in total. The SMILES string of the molecule is CSC1CCCC1NC(=O)C(C)Br. The van der Waals surface area contributed by atoms with Gasteiger partial charge in [-0.05, 0) is 26.0 Å². The summed E-state index contributed by atoms with van der Waals surface area (Å²) in [5.74, 6) is 0.117. The molecule has 0 aromatic rings. The standard InChI is InChI=1S/C9H16BrNOS/c1-6(10)9(12)11-7-4-3-5-8(7)13-2/h6-8H,3-5H2,1-2H3,(H,11,12). The van der Waals surface area contributed by atoms with Crippen LogP contribution in [-0.4, -0.2) is 28.3 Å². The van der Waals surface area contributed by atoms with E-state index in [0.29, 0.717) is 11.3 Å². The van der Waals surface area contributed by atoms with Gasteiger partial charge in [-0.1, -0.05) is 22.4 Å². The van der Waals surface area contributed by atoms with Crippen molar-refractivity contribution in [1.29, 1.82) is 0 Å². The Morgan fingerprint density at radius 3 is 2.85 bits per heavy atom. The van der Waals surface area contributed by atoms with Crippen LogP contribution in [-0.2, 0) is 4.79 Å². The summed E-state index contributed by atoms with van der Waals surface area (Å²) in [5.41, 5.74) is 0. The molecule has 0 spiro atoms. The van der Waals surface area contributed by atoms with E-state index >= 15 is 0 Å². The number of nitrogens with one attached hydrogen (secondary N) is 1. The van der Waals surface area contributed by atoms with E-state index in [9.17, 15) is 4.79 Å². The first kappa shape index (κ1) is 11.4. The first-order chi connectivity index (χ1) is 6.15. The third-order valence-corrected chi connectivity index (χ3v) is 4.03. The largest absolute Gasteiger partial charge is 0.351 e. The second-order valence-corrected chi connectivity index (χ2v) is 5.89. The van der Waals surface area contributed by atoms with Crippen molar-refractivity contribution < 1.29 is 4.79 Å². The van der Waals surface area contributed by atoms with Crippen LogP contribution in [0.5, 0.6) is 0 Å². The summed E-state index contributed by atoms with van der Waals surface area (Å²) in [4.78, 5) is 11.3. The Morgan fingerprint density at radius 1 is 1.62 bits per heavy atom. The lowest BCUT2D eigenvalue weighted by Gasteiger charge is -2.19. The molecule has 1 fully saturated rings. The summed E-state index contributed by atoms with van der Waals surface area (Å²) in [6, 6.07) is 0.391. The summed E-state index contributed by atoms with van der Waals surface area (Å²) in [5, 5.41) is 3.69. The molecule has 3 atom stereocenters. The number of carbonyl (C=O) groups is 1. The van der Waals surface area contributed by atoms with Crippen molar-refractivity contribution in [2.24, 2.45) is 0 Å². The molecular formula is C9H16BrNOS. The van der Waals surface area contributed by atoms with Gasteiger partial charge in [0.2, 0.25) is 5.91 Å². The second kappa shape index (κ2) is 5.25. The minimum atomic E-state index is -0.0735. The molecule has 3 unspecified atom stereocenters. The highest BCUT2D eigenvalue weighted by Crippen LogP contribution is 2.28. The van der Waals surface area contributed by atoms with Crippen LogP contribution in [0.4, 0.5) is 0 Å². The first-order valence-electron chi connectivity index (χ1n) is 4.62. The van der Waals surface area contributed by atoms with Crippen molar-refractivity contribution in [1.82, 2.24) is 5.32 Å². The maximum Gasteiger partial charge on any atom is 0.233 e. The van der Waals surface area contributed by atoms with Gasteiger partial charge in [0, 0.05) is 11.3 Å². The number of hydrogen-bond donors (Lipinski definition) is 1. The first-order valence-corrected chi connectivity index (χ1v) is 6.82. The van der Waals surface area contributed by atoms with Crippen molar-refractivity contribution in [3.8, 4) is 0 Å². The Balaban J connectivity index is 2.39. The van der Waals surface area contributed by atoms with E-state index in [1.54, 1.807) is 0 Å². The van der Waals surface area contributed by atoms with Crippen LogP contribution in [0, 0.1) is 0 Å². The molecule has 1 rings (SSSR count). The lowest BCUT2D eigenvalue weighted by atomic mass is 10.2. The zero-order valence-electron chi connectivity index (χ0n) is 8.05. The monoisotopic (exact) mass is 265 g/mol. The summed E-state index contributed by atoms with van der Waals surface area (Å²) < 4.78 is 0. The third-order valence-electron chi connectivity index (χ3n) is 2.44. The van der Waals surface area contributed by atoms with Gasteiger partial charge in [0.15, 0.2) is 0 Å². The lowest BCUT2D eigenvalue weighted by molar-refractivity contribution is -0.120. The molecule has 1 amide bonds. The fourth-order valence-corrected chi connectivity index (χ4v) is 2.74. The molecule has 0 radical (unpaired) electrons. The van der Waals surface area contributed by atoms with Crippen LogP contribution in [0.25, 0.3) is 0 Å². The molecule has 0 bridgehead atoms. The van der Waals surface area contributed by atoms with Gasteiger partial charge in [-0.15, -0.1) is 0 Å². The zero-order valence-corrected chi connectivity index (χ0v) is 10.5. The fourth-order valence-electron chi connectivity index (χ4n) is 1.67. The number of carbonyl (C=O) groups excluding carboxylic acids is 1. The predicted molar refractivity (Wildman–Crippen MR) is 61.5 cm³/mol. The molecule has 0 aromatic carbocycles. The van der Waals surface area contributed by atoms with E-state index in [0.717, 1.165) is 6.42 Å². The molecule has 1 saturated carbocycles. The van der Waals surface area contributed by atoms with E-state index in [1.165, 1.54) is 12.8 Å². The molecule has 13 heavy (non-hydrogen) atoms. The van der Waals surface area contributed by atoms with E-state index in [1.807, 2.05) is 18.7 Å². The summed E-state index contributed by atoms with van der Waals surface area (Å²) in [7, 11) is 0. The van der Waals surface area contributed by atoms with Crippen molar-refractivity contribution >= 4 is 33.6 Å². The number of halogens is 1. The van der Waals surface area contributed by atoms with E-state index < -0.39 is 0 Å². The number of alkyl halides is 1. The van der Waals surface area contributed by atoms with Gasteiger partial charge in [0.1, 0.15) is 0 Å². The summed E-state index contributed by atoms with van der Waals surface area (Å²) in [6.45, 7) is 1.86. The average Bonchev–Trinajstić information content (AvgIpc) is 2.51. The fraction of sp³-hybridized carbons (Fsp3) is 0.889. The highest BCUT2D eigenvalue weighted by atomic mass is 79.9. The van der Waals surface area contributed by atoms with E-state index in [-0.39, 0.29) is 10.7 Å². The van der Waals surface area contributed by atoms with Gasteiger partial charge in [0.05, 0.1) is 4.83 Å². The number of rotatable bonds is 3. The highest BCUT2D eigenvalue weighted by molar-refractivity contribution is 9.10. The van der Waals surface area contributed by atoms with Crippen molar-refractivity contribution in [2.45, 2.75) is 42.3 Å². The Hall–Kier alpha value is 0.300. The normalized spacial score (nSPS) is 30.1. The summed E-state index contributed by atoms with van der Waals surface area (Å²) >= 11 is 5.13. The van der Waals surface area contributed by atoms with Crippen LogP contribution < -0.4 is 5.32 Å². The van der Waals surface area contributed by atoms with Crippen molar-refractivity contribution in [3.05, 3.63) is 0 Å². The van der Waals surface area contributed by atoms with Crippen LogP contribution in [0.15, 0.2) is 0 Å². The van der Waals surface area contributed by atoms with Gasteiger partial charge in [-0.25, -0.2) is 0 Å². The number of thioether (sulfide) groups is 1. The molecule has 0 aliphatic heterocycles. The molecule has 4 heteroatoms. The maximum atomic E-state index is 11.4. The smallest absolute Gasteiger partial charge is 0.233 e. The topological polar surface area (TPSA) is 29.1 Å². The number of amides is 1. The Labute approximate surface area is 92.4 Å². The van der Waals surface area contributed by atoms with Crippen LogP contribution in [0.3, 0.4) is 0 Å². The summed E-state index contributed by atoms with van der Waals surface area (Å²) in [6.07, 6.45) is 5.74. The molecule has 1 aliphatic carbocycles. The highest BCUT2D eigenvalue weighted by Gasteiger charge is 2.28. The molecule has 76 valence electrons. The molecule has 0 heterocycles. The molecule has 1 aliphatic rings. The van der Waals surface area contributed by atoms with Crippen LogP contribution in [0.1, 0.15) is 26.2 Å². The zero-order chi connectivity index (χ0) is 9.84. The van der Waals surface area contributed by atoms with Crippen molar-refractivity contribution in [3.63, 3.8) is 0 Å². The predicted octanol–water partition coefficient (Wildman–Crippen LogP) is 2.17. The third kappa shape index (κ3) is 3.17. The molecule has 2 nitrogen and oxygen atoms in total. The molecular weight excluding hydrogens is 250 g/mol. The van der Waals surface area contributed by atoms with Gasteiger partial charge < -0.3 is 5.32 Å². The van der Waals surface area contributed by atoms with Crippen molar-refractivity contribution in [2.75, 3.05) is 6.26 Å². The lowest BCUT2D eigenvalue weighted by Crippen LogP contribution is -2.41. The Morgan fingerprint density at radius 2 is 2.31 bits per heavy atom. The van der Waals surface area contributed by atoms with Crippen LogP contribution >= 0.6 is 27.7 Å². The number of hydrogen-bond acceptors (Lipinski definition) is 2. The quantitative estimate of drug-likeness (QED) is 0.793. The van der Waals surface area contributed by atoms with Gasteiger partial charge in [-0.2, -0.15) is 11.8 Å². The van der Waals surface area contributed by atoms with E-state index in [2.05, 4.69) is 27.5 Å². The average molecular weight is 266 g/mol. The van der Waals surface area contributed by atoms with Gasteiger partial charge in [-0.3, -0.25) is 4.79 Å². The second-order valence-electron chi connectivity index (χ2n) is 3.44. The van der Waals surface area contributed by atoms with Gasteiger partial charge >= 0.3 is 0 Å². The molecule has 0 saturated heterocycles. The van der Waals surface area contributed by atoms with Crippen LogP contribution in [0.2, 0.25) is 0 Å². The maximum absolute atomic E-state index is 11.4. The van der Waals surface area contributed by atoms with E-state index in [4.69, 9.17) is 0 Å².